The quantitative estimate of drug-likeness (QED) is 0.575. The number of carboxylic acid groups (broad SMARTS) is 1. The van der Waals surface area contributed by atoms with Gasteiger partial charge in [-0.05, 0) is 33.4 Å². The fourth-order valence-electron chi connectivity index (χ4n) is 1.09. The Kier molecular flexibility index (Phi) is 6.47. The molecule has 0 aromatic carbocycles. The summed E-state index contributed by atoms with van der Waals surface area (Å²) in [6.45, 7) is 1.46. The topological polar surface area (TPSA) is 52.6 Å². The second kappa shape index (κ2) is 6.91. The van der Waals surface area contributed by atoms with E-state index in [1.807, 2.05) is 14.1 Å². The number of nitrogens with one attached hydrogen (secondary N) is 1. The van der Waals surface area contributed by atoms with E-state index in [1.54, 1.807) is 0 Å². The molecule has 1 aliphatic rings. The Hall–Kier alpha value is -0.770. The third-order valence-electron chi connectivity index (χ3n) is 1.63. The highest BCUT2D eigenvalue weighted by Crippen LogP contribution is 2.07. The standard InChI is InChI=1S/C6H11NO2.C2H7N/c8-6(9)7-4-2-1-3-5-7;1-3-2/h1-5H2,(H,8,9);3H,1-2H3. The van der Waals surface area contributed by atoms with Gasteiger partial charge in [0.25, 0.3) is 0 Å². The molecule has 1 rings (SSSR count). The van der Waals surface area contributed by atoms with E-state index in [-0.39, 0.29) is 0 Å². The van der Waals surface area contributed by atoms with Gasteiger partial charge in [-0.15, -0.1) is 0 Å². The molecule has 0 aromatic heterocycles. The third kappa shape index (κ3) is 4.96. The fourth-order valence-corrected chi connectivity index (χ4v) is 1.09. The summed E-state index contributed by atoms with van der Waals surface area (Å²) >= 11 is 0. The van der Waals surface area contributed by atoms with Crippen molar-refractivity contribution in [3.05, 3.63) is 0 Å². The van der Waals surface area contributed by atoms with Crippen molar-refractivity contribution in [3.8, 4) is 0 Å². The first kappa shape index (κ1) is 11.2. The largest absolute Gasteiger partial charge is 0.465 e. The van der Waals surface area contributed by atoms with Crippen molar-refractivity contribution >= 4 is 6.09 Å². The number of rotatable bonds is 0. The molecule has 1 fully saturated rings. The van der Waals surface area contributed by atoms with Crippen LogP contribution in [0.3, 0.4) is 0 Å². The van der Waals surface area contributed by atoms with E-state index in [0.29, 0.717) is 0 Å². The van der Waals surface area contributed by atoms with Gasteiger partial charge in [0, 0.05) is 13.1 Å². The molecule has 0 aliphatic carbocycles. The van der Waals surface area contributed by atoms with E-state index in [9.17, 15) is 4.79 Å². The van der Waals surface area contributed by atoms with Crippen molar-refractivity contribution in [2.45, 2.75) is 19.3 Å². The van der Waals surface area contributed by atoms with Crippen LogP contribution in [0.4, 0.5) is 4.79 Å². The summed E-state index contributed by atoms with van der Waals surface area (Å²) in [5, 5.41) is 11.2. The summed E-state index contributed by atoms with van der Waals surface area (Å²) in [4.78, 5) is 11.8. The van der Waals surface area contributed by atoms with Gasteiger partial charge < -0.3 is 15.3 Å². The molecule has 0 unspecified atom stereocenters. The van der Waals surface area contributed by atoms with E-state index in [2.05, 4.69) is 5.32 Å². The molecule has 0 spiro atoms. The Morgan fingerprint density at radius 2 is 1.67 bits per heavy atom. The number of likely N-dealkylation sites (tertiary alicyclic amines) is 1. The second-order valence-electron chi connectivity index (χ2n) is 2.83. The SMILES string of the molecule is CNC.O=C(O)N1CCCCC1. The molecule has 0 saturated carbocycles. The smallest absolute Gasteiger partial charge is 0.407 e. The Bertz CT molecular complexity index is 122. The number of carbonyl (C=O) groups is 1. The maximum atomic E-state index is 10.3. The van der Waals surface area contributed by atoms with Crippen LogP contribution in [0.15, 0.2) is 0 Å². The minimum atomic E-state index is -0.769. The van der Waals surface area contributed by atoms with E-state index < -0.39 is 6.09 Å². The van der Waals surface area contributed by atoms with E-state index >= 15 is 0 Å². The molecule has 72 valence electrons. The average Bonchev–Trinajstić information content (AvgIpc) is 2.07. The summed E-state index contributed by atoms with van der Waals surface area (Å²) in [7, 11) is 3.75. The summed E-state index contributed by atoms with van der Waals surface area (Å²) in [6, 6.07) is 0. The first-order chi connectivity index (χ1) is 5.72. The minimum Gasteiger partial charge on any atom is -0.465 e. The van der Waals surface area contributed by atoms with Crippen LogP contribution in [0.25, 0.3) is 0 Å². The maximum Gasteiger partial charge on any atom is 0.407 e. The molecule has 1 amide bonds. The van der Waals surface area contributed by atoms with Crippen molar-refractivity contribution in [2.24, 2.45) is 0 Å². The Labute approximate surface area is 73.6 Å². The predicted molar refractivity (Wildman–Crippen MR) is 48.4 cm³/mol. The number of nitrogens with zero attached hydrogens (tertiary/aromatic N) is 1. The zero-order chi connectivity index (χ0) is 9.40. The summed E-state index contributed by atoms with van der Waals surface area (Å²) in [5.41, 5.74) is 0. The second-order valence-corrected chi connectivity index (χ2v) is 2.83. The summed E-state index contributed by atoms with van der Waals surface area (Å²) < 4.78 is 0. The van der Waals surface area contributed by atoms with Gasteiger partial charge in [0.1, 0.15) is 0 Å². The van der Waals surface area contributed by atoms with Gasteiger partial charge >= 0.3 is 6.09 Å². The van der Waals surface area contributed by atoms with Crippen LogP contribution < -0.4 is 5.32 Å². The van der Waals surface area contributed by atoms with Crippen molar-refractivity contribution in [3.63, 3.8) is 0 Å². The van der Waals surface area contributed by atoms with Crippen molar-refractivity contribution in [2.75, 3.05) is 27.2 Å². The monoisotopic (exact) mass is 174 g/mol. The van der Waals surface area contributed by atoms with Crippen LogP contribution in [-0.4, -0.2) is 43.3 Å². The lowest BCUT2D eigenvalue weighted by molar-refractivity contribution is 0.136. The lowest BCUT2D eigenvalue weighted by Crippen LogP contribution is -2.34. The van der Waals surface area contributed by atoms with Crippen LogP contribution in [-0.2, 0) is 0 Å². The number of hydrogen-bond donors (Lipinski definition) is 2. The van der Waals surface area contributed by atoms with E-state index in [4.69, 9.17) is 5.11 Å². The Morgan fingerprint density at radius 3 is 1.92 bits per heavy atom. The van der Waals surface area contributed by atoms with Gasteiger partial charge in [-0.25, -0.2) is 4.79 Å². The molecule has 1 saturated heterocycles. The van der Waals surface area contributed by atoms with Crippen LogP contribution in [0.5, 0.6) is 0 Å². The van der Waals surface area contributed by atoms with Gasteiger partial charge in [0.15, 0.2) is 0 Å². The zero-order valence-electron chi connectivity index (χ0n) is 7.84. The van der Waals surface area contributed by atoms with Gasteiger partial charge in [-0.1, -0.05) is 0 Å². The number of amides is 1. The van der Waals surface area contributed by atoms with E-state index in [1.165, 1.54) is 11.3 Å². The van der Waals surface area contributed by atoms with Crippen molar-refractivity contribution in [1.29, 1.82) is 0 Å². The van der Waals surface area contributed by atoms with Gasteiger partial charge in [-0.2, -0.15) is 0 Å². The maximum absolute atomic E-state index is 10.3. The highest BCUT2D eigenvalue weighted by molar-refractivity contribution is 5.64. The predicted octanol–water partition coefficient (Wildman–Crippen LogP) is 0.986. The molecular weight excluding hydrogens is 156 g/mol. The lowest BCUT2D eigenvalue weighted by atomic mass is 10.1. The number of piperidine rings is 1. The molecule has 4 heteroatoms. The molecule has 0 bridgehead atoms. The van der Waals surface area contributed by atoms with E-state index in [0.717, 1.165) is 25.9 Å². The molecule has 0 radical (unpaired) electrons. The Morgan fingerprint density at radius 1 is 1.25 bits per heavy atom. The van der Waals surface area contributed by atoms with Crippen LogP contribution in [0, 0.1) is 0 Å². The molecule has 1 aliphatic heterocycles. The molecule has 0 aromatic rings. The summed E-state index contributed by atoms with van der Waals surface area (Å²) in [6.07, 6.45) is 2.48. The molecule has 2 N–H and O–H groups in total. The molecule has 1 heterocycles. The fraction of sp³-hybridized carbons (Fsp3) is 0.875. The zero-order valence-corrected chi connectivity index (χ0v) is 7.84. The normalized spacial score (nSPS) is 16.3. The molecule has 12 heavy (non-hydrogen) atoms. The molecule has 4 nitrogen and oxygen atoms in total. The average molecular weight is 174 g/mol. The first-order valence-electron chi connectivity index (χ1n) is 4.28. The first-order valence-corrected chi connectivity index (χ1v) is 4.28. The van der Waals surface area contributed by atoms with Crippen LogP contribution in [0.2, 0.25) is 0 Å². The number of hydrogen-bond acceptors (Lipinski definition) is 2. The molecular formula is C8H18N2O2. The van der Waals surface area contributed by atoms with Crippen LogP contribution >= 0.6 is 0 Å². The third-order valence-corrected chi connectivity index (χ3v) is 1.63. The minimum absolute atomic E-state index is 0.731. The highest BCUT2D eigenvalue weighted by atomic mass is 16.4. The van der Waals surface area contributed by atoms with Crippen molar-refractivity contribution < 1.29 is 9.90 Å². The van der Waals surface area contributed by atoms with Crippen molar-refractivity contribution in [1.82, 2.24) is 10.2 Å². The molecule has 0 atom stereocenters. The summed E-state index contributed by atoms with van der Waals surface area (Å²) in [5.74, 6) is 0. The van der Waals surface area contributed by atoms with Crippen LogP contribution in [0.1, 0.15) is 19.3 Å². The van der Waals surface area contributed by atoms with Gasteiger partial charge in [-0.3, -0.25) is 0 Å². The Balaban J connectivity index is 0.000000354. The van der Waals surface area contributed by atoms with Gasteiger partial charge in [0.2, 0.25) is 0 Å². The van der Waals surface area contributed by atoms with Gasteiger partial charge in [0.05, 0.1) is 0 Å². The lowest BCUT2D eigenvalue weighted by Gasteiger charge is -2.22. The highest BCUT2D eigenvalue weighted by Gasteiger charge is 2.13.